The predicted molar refractivity (Wildman–Crippen MR) is 73.3 cm³/mol. The van der Waals surface area contributed by atoms with Gasteiger partial charge in [0.2, 0.25) is 0 Å². The van der Waals surface area contributed by atoms with Crippen molar-refractivity contribution in [3.8, 4) is 0 Å². The number of hydrogen-bond acceptors (Lipinski definition) is 4. The van der Waals surface area contributed by atoms with Crippen LogP contribution >= 0.6 is 0 Å². The number of carbonyl (C=O) groups is 1. The molecule has 0 aromatic heterocycles. The van der Waals surface area contributed by atoms with E-state index in [0.29, 0.717) is 0 Å². The molecule has 0 saturated carbocycles. The van der Waals surface area contributed by atoms with Crippen molar-refractivity contribution in [1.29, 1.82) is 0 Å². The average molecular weight is 264 g/mol. The van der Waals surface area contributed by atoms with Gasteiger partial charge in [0.15, 0.2) is 6.10 Å². The van der Waals surface area contributed by atoms with Crippen LogP contribution in [0.3, 0.4) is 0 Å². The molecule has 0 fully saturated rings. The van der Waals surface area contributed by atoms with Gasteiger partial charge in [0, 0.05) is 0 Å². The Morgan fingerprint density at radius 2 is 1.79 bits per heavy atom. The zero-order valence-electron chi connectivity index (χ0n) is 11.4. The summed E-state index contributed by atoms with van der Waals surface area (Å²) in [5, 5.41) is 19.4. The van der Waals surface area contributed by atoms with Crippen molar-refractivity contribution in [3.05, 3.63) is 42.0 Å². The molecule has 104 valence electrons. The summed E-state index contributed by atoms with van der Waals surface area (Å²) in [5.41, 5.74) is 0.180. The molecule has 2 N–H and O–H groups in total. The maximum absolute atomic E-state index is 11.5. The third-order valence-corrected chi connectivity index (χ3v) is 2.26. The minimum Gasteiger partial charge on any atom is -0.458 e. The van der Waals surface area contributed by atoms with Crippen LogP contribution in [0, 0.1) is 0 Å². The molecule has 1 aromatic carbocycles. The van der Waals surface area contributed by atoms with Gasteiger partial charge in [-0.2, -0.15) is 0 Å². The van der Waals surface area contributed by atoms with E-state index in [-0.39, 0.29) is 0 Å². The van der Waals surface area contributed by atoms with Crippen molar-refractivity contribution in [1.82, 2.24) is 0 Å². The summed E-state index contributed by atoms with van der Waals surface area (Å²) < 4.78 is 4.99. The Labute approximate surface area is 113 Å². The van der Waals surface area contributed by atoms with Crippen LogP contribution in [-0.2, 0) is 9.53 Å². The number of benzene rings is 1. The SMILES string of the molecule is CC(C)(C)OC(=O)[C@H](O)[C@H](O)/C=C/c1ccccc1. The molecule has 0 radical (unpaired) electrons. The van der Waals surface area contributed by atoms with Gasteiger partial charge in [-0.15, -0.1) is 0 Å². The summed E-state index contributed by atoms with van der Waals surface area (Å²) in [6.45, 7) is 5.09. The van der Waals surface area contributed by atoms with Crippen LogP contribution < -0.4 is 0 Å². The summed E-state index contributed by atoms with van der Waals surface area (Å²) in [4.78, 5) is 11.5. The van der Waals surface area contributed by atoms with Crippen molar-refractivity contribution in [2.45, 2.75) is 38.6 Å². The highest BCUT2D eigenvalue weighted by Gasteiger charge is 2.27. The van der Waals surface area contributed by atoms with Gasteiger partial charge in [-0.1, -0.05) is 42.5 Å². The molecular weight excluding hydrogens is 244 g/mol. The first-order valence-electron chi connectivity index (χ1n) is 6.12. The van der Waals surface area contributed by atoms with Crippen LogP contribution in [0.15, 0.2) is 36.4 Å². The Hall–Kier alpha value is -1.65. The first-order valence-corrected chi connectivity index (χ1v) is 6.12. The molecule has 4 heteroatoms. The number of aliphatic hydroxyl groups is 2. The van der Waals surface area contributed by atoms with Crippen LogP contribution in [0.2, 0.25) is 0 Å². The highest BCUT2D eigenvalue weighted by molar-refractivity contribution is 5.76. The highest BCUT2D eigenvalue weighted by Crippen LogP contribution is 2.11. The molecule has 0 saturated heterocycles. The first kappa shape index (κ1) is 15.4. The fraction of sp³-hybridized carbons (Fsp3) is 0.400. The van der Waals surface area contributed by atoms with Gasteiger partial charge in [0.25, 0.3) is 0 Å². The van der Waals surface area contributed by atoms with Gasteiger partial charge in [0.05, 0.1) is 0 Å². The van der Waals surface area contributed by atoms with Crippen LogP contribution in [-0.4, -0.2) is 34.0 Å². The standard InChI is InChI=1S/C15H20O4/c1-15(2,3)19-14(18)13(17)12(16)10-9-11-7-5-4-6-8-11/h4-10,12-13,16-17H,1-3H3/b10-9+/t12-,13-/m1/s1. The predicted octanol–water partition coefficient (Wildman–Crippen LogP) is 1.76. The van der Waals surface area contributed by atoms with Crippen LogP contribution in [0.5, 0.6) is 0 Å². The fourth-order valence-electron chi connectivity index (χ4n) is 1.38. The summed E-state index contributed by atoms with van der Waals surface area (Å²) >= 11 is 0. The molecule has 0 bridgehead atoms. The van der Waals surface area contributed by atoms with Gasteiger partial charge in [-0.3, -0.25) is 0 Å². The lowest BCUT2D eigenvalue weighted by atomic mass is 10.1. The second kappa shape index (κ2) is 6.50. The molecule has 0 aliphatic heterocycles. The second-order valence-electron chi connectivity index (χ2n) is 5.24. The number of hydrogen-bond donors (Lipinski definition) is 2. The Morgan fingerprint density at radius 1 is 1.21 bits per heavy atom. The van der Waals surface area contributed by atoms with Gasteiger partial charge in [0.1, 0.15) is 11.7 Å². The highest BCUT2D eigenvalue weighted by atomic mass is 16.6. The van der Waals surface area contributed by atoms with E-state index in [1.165, 1.54) is 6.08 Å². The van der Waals surface area contributed by atoms with Crippen LogP contribution in [0.4, 0.5) is 0 Å². The summed E-state index contributed by atoms with van der Waals surface area (Å²) in [7, 11) is 0. The number of carbonyl (C=O) groups excluding carboxylic acids is 1. The third-order valence-electron chi connectivity index (χ3n) is 2.26. The Bertz CT molecular complexity index is 431. The molecular formula is C15H20O4. The summed E-state index contributed by atoms with van der Waals surface area (Å²) in [6, 6.07) is 9.29. The Kier molecular flexibility index (Phi) is 5.27. The van der Waals surface area contributed by atoms with Crippen LogP contribution in [0.1, 0.15) is 26.3 Å². The van der Waals surface area contributed by atoms with Gasteiger partial charge < -0.3 is 14.9 Å². The topological polar surface area (TPSA) is 66.8 Å². The minimum atomic E-state index is -1.58. The van der Waals surface area contributed by atoms with Gasteiger partial charge in [-0.05, 0) is 26.3 Å². The van der Waals surface area contributed by atoms with Crippen molar-refractivity contribution in [2.75, 3.05) is 0 Å². The van der Waals surface area contributed by atoms with E-state index >= 15 is 0 Å². The maximum Gasteiger partial charge on any atom is 0.338 e. The molecule has 0 unspecified atom stereocenters. The number of esters is 1. The largest absolute Gasteiger partial charge is 0.458 e. The van der Waals surface area contributed by atoms with E-state index in [2.05, 4.69) is 0 Å². The van der Waals surface area contributed by atoms with Gasteiger partial charge in [-0.25, -0.2) is 4.79 Å². The molecule has 0 heterocycles. The van der Waals surface area contributed by atoms with E-state index in [1.807, 2.05) is 30.3 Å². The summed E-state index contributed by atoms with van der Waals surface area (Å²) in [6.07, 6.45) is 0.122. The minimum absolute atomic E-state index is 0.694. The Balaban J connectivity index is 2.60. The van der Waals surface area contributed by atoms with Crippen LogP contribution in [0.25, 0.3) is 6.08 Å². The van der Waals surface area contributed by atoms with Crippen molar-refractivity contribution in [2.24, 2.45) is 0 Å². The molecule has 2 atom stereocenters. The lowest BCUT2D eigenvalue weighted by Gasteiger charge is -2.22. The molecule has 0 aliphatic carbocycles. The lowest BCUT2D eigenvalue weighted by molar-refractivity contribution is -0.169. The number of rotatable bonds is 4. The molecule has 4 nitrogen and oxygen atoms in total. The summed E-state index contributed by atoms with van der Waals surface area (Å²) in [5.74, 6) is -0.835. The zero-order valence-corrected chi connectivity index (χ0v) is 11.4. The first-order chi connectivity index (χ1) is 8.79. The van der Waals surface area contributed by atoms with Crippen molar-refractivity contribution in [3.63, 3.8) is 0 Å². The third kappa shape index (κ3) is 5.68. The van der Waals surface area contributed by atoms with E-state index in [9.17, 15) is 15.0 Å². The Morgan fingerprint density at radius 3 is 2.32 bits per heavy atom. The molecule has 1 aromatic rings. The van der Waals surface area contributed by atoms with Crippen molar-refractivity contribution >= 4 is 12.0 Å². The van der Waals surface area contributed by atoms with Crippen molar-refractivity contribution < 1.29 is 19.7 Å². The molecule has 0 spiro atoms. The molecule has 0 aliphatic rings. The zero-order chi connectivity index (χ0) is 14.5. The van der Waals surface area contributed by atoms with E-state index in [1.54, 1.807) is 26.8 Å². The molecule has 1 rings (SSSR count). The maximum atomic E-state index is 11.5. The number of ether oxygens (including phenoxy) is 1. The van der Waals surface area contributed by atoms with E-state index < -0.39 is 23.8 Å². The average Bonchev–Trinajstić information content (AvgIpc) is 2.34. The molecule has 19 heavy (non-hydrogen) atoms. The monoisotopic (exact) mass is 264 g/mol. The smallest absolute Gasteiger partial charge is 0.338 e. The molecule has 0 amide bonds. The fourth-order valence-corrected chi connectivity index (χ4v) is 1.38. The lowest BCUT2D eigenvalue weighted by Crippen LogP contribution is -2.38. The quantitative estimate of drug-likeness (QED) is 0.813. The van der Waals surface area contributed by atoms with Gasteiger partial charge >= 0.3 is 5.97 Å². The van der Waals surface area contributed by atoms with E-state index in [0.717, 1.165) is 5.56 Å². The second-order valence-corrected chi connectivity index (χ2v) is 5.24. The van der Waals surface area contributed by atoms with E-state index in [4.69, 9.17) is 4.74 Å². The normalized spacial score (nSPS) is 15.2. The number of aliphatic hydroxyl groups excluding tert-OH is 2.